The minimum Gasteiger partial charge on any atom is -0.497 e. The fourth-order valence-electron chi connectivity index (χ4n) is 2.23. The number of carbonyl (C=O) groups is 2. The summed E-state index contributed by atoms with van der Waals surface area (Å²) in [6.07, 6.45) is 0.0380. The molecule has 0 unspecified atom stereocenters. The molecule has 0 saturated heterocycles. The van der Waals surface area contributed by atoms with Gasteiger partial charge >= 0.3 is 5.97 Å². The first-order chi connectivity index (χ1) is 12.0. The van der Waals surface area contributed by atoms with Crippen LogP contribution in [0.3, 0.4) is 0 Å². The van der Waals surface area contributed by atoms with Crippen LogP contribution in [-0.2, 0) is 22.5 Å². The van der Waals surface area contributed by atoms with Crippen molar-refractivity contribution in [1.29, 1.82) is 0 Å². The average Bonchev–Trinajstić information content (AvgIpc) is 2.66. The number of amides is 1. The molecule has 1 amide bonds. The van der Waals surface area contributed by atoms with Crippen molar-refractivity contribution < 1.29 is 19.1 Å². The lowest BCUT2D eigenvalue weighted by molar-refractivity contribution is -0.129. The van der Waals surface area contributed by atoms with Crippen molar-refractivity contribution in [3.8, 4) is 5.75 Å². The number of esters is 1. The number of benzene rings is 2. The molecule has 5 heteroatoms. The van der Waals surface area contributed by atoms with Crippen LogP contribution in [0, 0.1) is 0 Å². The van der Waals surface area contributed by atoms with Crippen molar-refractivity contribution in [2.75, 3.05) is 7.11 Å². The second-order valence-corrected chi connectivity index (χ2v) is 5.66. The third-order valence-corrected chi connectivity index (χ3v) is 3.88. The molecular formula is C20H23NO4. The van der Waals surface area contributed by atoms with Gasteiger partial charge in [0.15, 0.2) is 6.10 Å². The van der Waals surface area contributed by atoms with Crippen LogP contribution < -0.4 is 10.1 Å². The second kappa shape index (κ2) is 8.87. The summed E-state index contributed by atoms with van der Waals surface area (Å²) in [5.41, 5.74) is 2.51. The van der Waals surface area contributed by atoms with E-state index in [0.717, 1.165) is 23.3 Å². The molecule has 132 valence electrons. The molecule has 1 N–H and O–H groups in total. The monoisotopic (exact) mass is 341 g/mol. The van der Waals surface area contributed by atoms with E-state index in [-0.39, 0.29) is 5.91 Å². The van der Waals surface area contributed by atoms with E-state index in [4.69, 9.17) is 9.47 Å². The normalized spacial score (nSPS) is 11.5. The molecule has 0 saturated carbocycles. The summed E-state index contributed by atoms with van der Waals surface area (Å²) >= 11 is 0. The summed E-state index contributed by atoms with van der Waals surface area (Å²) in [5.74, 6) is -0.0874. The molecule has 2 aromatic carbocycles. The Morgan fingerprint density at radius 1 is 1.00 bits per heavy atom. The minimum atomic E-state index is -0.864. The molecule has 0 spiro atoms. The summed E-state index contributed by atoms with van der Waals surface area (Å²) in [7, 11) is 1.60. The Kier molecular flexibility index (Phi) is 6.57. The van der Waals surface area contributed by atoms with Gasteiger partial charge in [-0.15, -0.1) is 0 Å². The topological polar surface area (TPSA) is 64.6 Å². The predicted octanol–water partition coefficient (Wildman–Crippen LogP) is 3.12. The van der Waals surface area contributed by atoms with Gasteiger partial charge in [0.05, 0.1) is 12.7 Å². The predicted molar refractivity (Wildman–Crippen MR) is 95.5 cm³/mol. The van der Waals surface area contributed by atoms with E-state index in [2.05, 4.69) is 5.32 Å². The van der Waals surface area contributed by atoms with E-state index in [1.54, 1.807) is 26.2 Å². The van der Waals surface area contributed by atoms with E-state index in [1.165, 1.54) is 0 Å². The van der Waals surface area contributed by atoms with E-state index < -0.39 is 12.1 Å². The quantitative estimate of drug-likeness (QED) is 0.786. The lowest BCUT2D eigenvalue weighted by Crippen LogP contribution is -2.35. The SMILES string of the molecule is CCc1ccc(C(=O)O[C@H](C)C(=O)NCc2ccc(OC)cc2)cc1. The molecule has 2 aromatic rings. The van der Waals surface area contributed by atoms with Crippen molar-refractivity contribution in [1.82, 2.24) is 5.32 Å². The number of hydrogen-bond acceptors (Lipinski definition) is 4. The van der Waals surface area contributed by atoms with Crippen LogP contribution in [0.15, 0.2) is 48.5 Å². The molecule has 0 aromatic heterocycles. The van der Waals surface area contributed by atoms with Crippen LogP contribution in [0.5, 0.6) is 5.75 Å². The standard InChI is InChI=1S/C20H23NO4/c1-4-15-5-9-17(10-6-15)20(23)25-14(2)19(22)21-13-16-7-11-18(24-3)12-8-16/h5-12,14H,4,13H2,1-3H3,(H,21,22)/t14-/m1/s1. The van der Waals surface area contributed by atoms with Crippen molar-refractivity contribution >= 4 is 11.9 Å². The Hall–Kier alpha value is -2.82. The molecule has 0 radical (unpaired) electrons. The van der Waals surface area contributed by atoms with Crippen LogP contribution >= 0.6 is 0 Å². The van der Waals surface area contributed by atoms with Gasteiger partial charge in [-0.2, -0.15) is 0 Å². The lowest BCUT2D eigenvalue weighted by Gasteiger charge is -2.14. The number of rotatable bonds is 7. The van der Waals surface area contributed by atoms with Crippen molar-refractivity contribution in [3.63, 3.8) is 0 Å². The zero-order chi connectivity index (χ0) is 18.2. The van der Waals surface area contributed by atoms with E-state index >= 15 is 0 Å². The fraction of sp³-hybridized carbons (Fsp3) is 0.300. The Morgan fingerprint density at radius 3 is 2.16 bits per heavy atom. The van der Waals surface area contributed by atoms with E-state index in [1.807, 2.05) is 43.3 Å². The highest BCUT2D eigenvalue weighted by Gasteiger charge is 2.18. The largest absolute Gasteiger partial charge is 0.497 e. The molecule has 0 heterocycles. The van der Waals surface area contributed by atoms with Gasteiger partial charge in [-0.05, 0) is 48.7 Å². The maximum atomic E-state index is 12.1. The summed E-state index contributed by atoms with van der Waals surface area (Å²) < 4.78 is 10.3. The van der Waals surface area contributed by atoms with Crippen LogP contribution in [0.2, 0.25) is 0 Å². The van der Waals surface area contributed by atoms with E-state index in [9.17, 15) is 9.59 Å². The van der Waals surface area contributed by atoms with E-state index in [0.29, 0.717) is 12.1 Å². The average molecular weight is 341 g/mol. The first-order valence-corrected chi connectivity index (χ1v) is 8.24. The van der Waals surface area contributed by atoms with Crippen LogP contribution in [-0.4, -0.2) is 25.1 Å². The summed E-state index contributed by atoms with van der Waals surface area (Å²) in [4.78, 5) is 24.2. The minimum absolute atomic E-state index is 0.339. The van der Waals surface area contributed by atoms with Gasteiger partial charge in [0, 0.05) is 6.54 Å². The zero-order valence-electron chi connectivity index (χ0n) is 14.7. The smallest absolute Gasteiger partial charge is 0.338 e. The molecule has 0 fully saturated rings. The molecule has 0 bridgehead atoms. The van der Waals surface area contributed by atoms with Crippen LogP contribution in [0.25, 0.3) is 0 Å². The van der Waals surface area contributed by atoms with Gasteiger partial charge in [0.2, 0.25) is 0 Å². The number of aryl methyl sites for hydroxylation is 1. The lowest BCUT2D eigenvalue weighted by atomic mass is 10.1. The Labute approximate surface area is 148 Å². The van der Waals surface area contributed by atoms with Gasteiger partial charge < -0.3 is 14.8 Å². The Bertz CT molecular complexity index is 707. The summed E-state index contributed by atoms with van der Waals surface area (Å²) in [6.45, 7) is 3.96. The highest BCUT2D eigenvalue weighted by Crippen LogP contribution is 2.11. The van der Waals surface area contributed by atoms with Gasteiger partial charge in [-0.1, -0.05) is 31.2 Å². The molecule has 0 aliphatic heterocycles. The number of ether oxygens (including phenoxy) is 2. The van der Waals surface area contributed by atoms with Crippen molar-refractivity contribution in [2.24, 2.45) is 0 Å². The first-order valence-electron chi connectivity index (χ1n) is 8.24. The molecule has 1 atom stereocenters. The Balaban J connectivity index is 1.84. The first kappa shape index (κ1) is 18.5. The number of nitrogens with one attached hydrogen (secondary N) is 1. The second-order valence-electron chi connectivity index (χ2n) is 5.66. The summed E-state index contributed by atoms with van der Waals surface area (Å²) in [5, 5.41) is 2.75. The maximum Gasteiger partial charge on any atom is 0.338 e. The number of methoxy groups -OCH3 is 1. The fourth-order valence-corrected chi connectivity index (χ4v) is 2.23. The van der Waals surface area contributed by atoms with Crippen molar-refractivity contribution in [3.05, 3.63) is 65.2 Å². The molecule has 0 aliphatic carbocycles. The van der Waals surface area contributed by atoms with Crippen molar-refractivity contribution in [2.45, 2.75) is 32.9 Å². The maximum absolute atomic E-state index is 12.1. The molecule has 5 nitrogen and oxygen atoms in total. The third-order valence-electron chi connectivity index (χ3n) is 3.88. The molecular weight excluding hydrogens is 318 g/mol. The zero-order valence-corrected chi connectivity index (χ0v) is 14.7. The van der Waals surface area contributed by atoms with Gasteiger partial charge in [-0.3, -0.25) is 4.79 Å². The highest BCUT2D eigenvalue weighted by atomic mass is 16.5. The number of hydrogen-bond donors (Lipinski definition) is 1. The van der Waals surface area contributed by atoms with Crippen LogP contribution in [0.1, 0.15) is 35.3 Å². The van der Waals surface area contributed by atoms with Gasteiger partial charge in [0.25, 0.3) is 5.91 Å². The Morgan fingerprint density at radius 2 is 1.60 bits per heavy atom. The van der Waals surface area contributed by atoms with Gasteiger partial charge in [0.1, 0.15) is 5.75 Å². The molecule has 2 rings (SSSR count). The highest BCUT2D eigenvalue weighted by molar-refractivity contribution is 5.92. The number of carbonyl (C=O) groups excluding carboxylic acids is 2. The molecule has 0 aliphatic rings. The van der Waals surface area contributed by atoms with Crippen LogP contribution in [0.4, 0.5) is 0 Å². The van der Waals surface area contributed by atoms with Gasteiger partial charge in [-0.25, -0.2) is 4.79 Å². The third kappa shape index (κ3) is 5.35. The molecule has 25 heavy (non-hydrogen) atoms. The summed E-state index contributed by atoms with van der Waals surface area (Å²) in [6, 6.07) is 14.6.